The molecule has 0 bridgehead atoms. The third-order valence-electron chi connectivity index (χ3n) is 3.61. The van der Waals surface area contributed by atoms with Crippen LogP contribution in [0.3, 0.4) is 0 Å². The molecular weight excluding hydrogens is 302 g/mol. The second kappa shape index (κ2) is 8.70. The highest BCUT2D eigenvalue weighted by molar-refractivity contribution is 5.90. The molecule has 2 rings (SSSR count). The number of carbonyl (C=O) groups excluding carboxylic acids is 1. The van der Waals surface area contributed by atoms with E-state index in [4.69, 9.17) is 10.00 Å². The van der Waals surface area contributed by atoms with Gasteiger partial charge in [-0.05, 0) is 42.9 Å². The molecule has 5 heteroatoms. The van der Waals surface area contributed by atoms with E-state index in [-0.39, 0.29) is 5.91 Å². The van der Waals surface area contributed by atoms with Crippen molar-refractivity contribution in [2.75, 3.05) is 26.0 Å². The van der Waals surface area contributed by atoms with Crippen molar-refractivity contribution in [1.82, 2.24) is 4.90 Å². The van der Waals surface area contributed by atoms with E-state index in [1.807, 2.05) is 31.3 Å². The molecule has 2 aromatic rings. The van der Waals surface area contributed by atoms with Crippen molar-refractivity contribution in [2.24, 2.45) is 0 Å². The van der Waals surface area contributed by atoms with Crippen LogP contribution in [0, 0.1) is 11.3 Å². The van der Waals surface area contributed by atoms with Crippen LogP contribution in [0.5, 0.6) is 5.75 Å². The summed E-state index contributed by atoms with van der Waals surface area (Å²) in [5, 5.41) is 11.7. The summed E-state index contributed by atoms with van der Waals surface area (Å²) in [5.41, 5.74) is 2.35. The largest absolute Gasteiger partial charge is 0.497 e. The average molecular weight is 323 g/mol. The van der Waals surface area contributed by atoms with Crippen molar-refractivity contribution in [1.29, 1.82) is 5.26 Å². The number of amides is 1. The summed E-state index contributed by atoms with van der Waals surface area (Å²) in [6.45, 7) is 1.41. The Labute approximate surface area is 142 Å². The summed E-state index contributed by atoms with van der Waals surface area (Å²) in [4.78, 5) is 14.1. The van der Waals surface area contributed by atoms with E-state index in [1.165, 1.54) is 5.56 Å². The highest BCUT2D eigenvalue weighted by atomic mass is 16.5. The van der Waals surface area contributed by atoms with Crippen molar-refractivity contribution in [2.45, 2.75) is 13.0 Å². The van der Waals surface area contributed by atoms with Crippen LogP contribution < -0.4 is 10.1 Å². The first kappa shape index (κ1) is 17.5. The molecule has 0 spiro atoms. The predicted molar refractivity (Wildman–Crippen MR) is 93.7 cm³/mol. The Morgan fingerprint density at radius 2 is 2.00 bits per heavy atom. The van der Waals surface area contributed by atoms with Crippen LogP contribution in [0.15, 0.2) is 48.5 Å². The molecular formula is C19H21N3O2. The molecule has 124 valence electrons. The lowest BCUT2D eigenvalue weighted by atomic mass is 10.2. The lowest BCUT2D eigenvalue weighted by Gasteiger charge is -2.16. The van der Waals surface area contributed by atoms with Gasteiger partial charge < -0.3 is 15.0 Å². The second-order valence-corrected chi connectivity index (χ2v) is 5.58. The molecule has 0 saturated carbocycles. The molecule has 0 saturated heterocycles. The number of rotatable bonds is 7. The number of hydrogen-bond acceptors (Lipinski definition) is 4. The smallest absolute Gasteiger partial charge is 0.225 e. The van der Waals surface area contributed by atoms with Crippen LogP contribution in [0.1, 0.15) is 17.5 Å². The minimum atomic E-state index is -0.0633. The van der Waals surface area contributed by atoms with E-state index >= 15 is 0 Å². The van der Waals surface area contributed by atoms with Crippen LogP contribution in [0.4, 0.5) is 5.69 Å². The minimum Gasteiger partial charge on any atom is -0.497 e. The zero-order chi connectivity index (χ0) is 17.4. The number of methoxy groups -OCH3 is 1. The molecule has 1 amide bonds. The Hall–Kier alpha value is -2.84. The molecule has 0 aliphatic heterocycles. The molecule has 0 aliphatic rings. The zero-order valence-corrected chi connectivity index (χ0v) is 14.0. The standard InChI is InChI=1S/C19H21N3O2/c1-22(14-15-6-8-18(24-2)9-7-15)11-10-19(23)21-17-5-3-4-16(12-17)13-20/h3-9,12H,10-11,14H2,1-2H3,(H,21,23). The molecule has 1 N–H and O–H groups in total. The van der Waals surface area contributed by atoms with Gasteiger partial charge in [-0.15, -0.1) is 0 Å². The van der Waals surface area contributed by atoms with Gasteiger partial charge in [-0.1, -0.05) is 18.2 Å². The van der Waals surface area contributed by atoms with Crippen molar-refractivity contribution in [3.05, 3.63) is 59.7 Å². The summed E-state index contributed by atoms with van der Waals surface area (Å²) < 4.78 is 5.14. The summed E-state index contributed by atoms with van der Waals surface area (Å²) in [6.07, 6.45) is 0.392. The van der Waals surface area contributed by atoms with Gasteiger partial charge in [-0.3, -0.25) is 4.79 Å². The van der Waals surface area contributed by atoms with Gasteiger partial charge in [0.25, 0.3) is 0 Å². The number of nitriles is 1. The Kier molecular flexibility index (Phi) is 6.35. The number of carbonyl (C=O) groups is 1. The number of hydrogen-bond donors (Lipinski definition) is 1. The van der Waals surface area contributed by atoms with Crippen LogP contribution in [-0.4, -0.2) is 31.5 Å². The van der Waals surface area contributed by atoms with Crippen molar-refractivity contribution >= 4 is 11.6 Å². The summed E-state index contributed by atoms with van der Waals surface area (Å²) >= 11 is 0. The monoisotopic (exact) mass is 323 g/mol. The van der Waals surface area contributed by atoms with Crippen molar-refractivity contribution in [3.63, 3.8) is 0 Å². The molecule has 0 aromatic heterocycles. The first-order chi connectivity index (χ1) is 11.6. The highest BCUT2D eigenvalue weighted by Crippen LogP contribution is 2.13. The molecule has 0 unspecified atom stereocenters. The second-order valence-electron chi connectivity index (χ2n) is 5.58. The van der Waals surface area contributed by atoms with Gasteiger partial charge >= 0.3 is 0 Å². The van der Waals surface area contributed by atoms with E-state index in [9.17, 15) is 4.79 Å². The highest BCUT2D eigenvalue weighted by Gasteiger charge is 2.06. The zero-order valence-electron chi connectivity index (χ0n) is 14.0. The third-order valence-corrected chi connectivity index (χ3v) is 3.61. The maximum absolute atomic E-state index is 12.0. The fourth-order valence-corrected chi connectivity index (χ4v) is 2.30. The molecule has 0 fully saturated rings. The maximum atomic E-state index is 12.0. The van der Waals surface area contributed by atoms with Crippen LogP contribution in [-0.2, 0) is 11.3 Å². The van der Waals surface area contributed by atoms with Crippen molar-refractivity contribution in [3.8, 4) is 11.8 Å². The molecule has 0 atom stereocenters. The number of nitrogens with zero attached hydrogens (tertiary/aromatic N) is 2. The normalized spacial score (nSPS) is 10.2. The van der Waals surface area contributed by atoms with Gasteiger partial charge in [-0.2, -0.15) is 5.26 Å². The van der Waals surface area contributed by atoms with E-state index in [0.717, 1.165) is 12.3 Å². The summed E-state index contributed by atoms with van der Waals surface area (Å²) in [7, 11) is 3.62. The summed E-state index contributed by atoms with van der Waals surface area (Å²) in [6, 6.07) is 16.9. The molecule has 0 aliphatic carbocycles. The lowest BCUT2D eigenvalue weighted by Crippen LogP contribution is -2.24. The SMILES string of the molecule is COc1ccc(CN(C)CCC(=O)Nc2cccc(C#N)c2)cc1. The Morgan fingerprint density at radius 3 is 2.67 bits per heavy atom. The maximum Gasteiger partial charge on any atom is 0.225 e. The van der Waals surface area contributed by atoms with Crippen molar-refractivity contribution < 1.29 is 9.53 Å². The van der Waals surface area contributed by atoms with E-state index in [1.54, 1.807) is 31.4 Å². The Balaban J connectivity index is 1.79. The fourth-order valence-electron chi connectivity index (χ4n) is 2.30. The van der Waals surface area contributed by atoms with Gasteiger partial charge in [0.1, 0.15) is 5.75 Å². The van der Waals surface area contributed by atoms with E-state index in [0.29, 0.717) is 24.2 Å². The van der Waals surface area contributed by atoms with Crippen LogP contribution in [0.2, 0.25) is 0 Å². The van der Waals surface area contributed by atoms with Gasteiger partial charge in [0, 0.05) is 25.2 Å². The minimum absolute atomic E-state index is 0.0633. The van der Waals surface area contributed by atoms with Gasteiger partial charge in [0.15, 0.2) is 0 Å². The van der Waals surface area contributed by atoms with Gasteiger partial charge in [0.2, 0.25) is 5.91 Å². The molecule has 24 heavy (non-hydrogen) atoms. The predicted octanol–water partition coefficient (Wildman–Crippen LogP) is 3.03. The fraction of sp³-hybridized carbons (Fsp3) is 0.263. The van der Waals surface area contributed by atoms with E-state index in [2.05, 4.69) is 16.3 Å². The van der Waals surface area contributed by atoms with E-state index < -0.39 is 0 Å². The topological polar surface area (TPSA) is 65.4 Å². The molecule has 2 aromatic carbocycles. The average Bonchev–Trinajstić information content (AvgIpc) is 2.61. The van der Waals surface area contributed by atoms with Crippen LogP contribution >= 0.6 is 0 Å². The Morgan fingerprint density at radius 1 is 1.25 bits per heavy atom. The lowest BCUT2D eigenvalue weighted by molar-refractivity contribution is -0.116. The van der Waals surface area contributed by atoms with Gasteiger partial charge in [-0.25, -0.2) is 0 Å². The number of nitrogens with one attached hydrogen (secondary N) is 1. The number of anilines is 1. The van der Waals surface area contributed by atoms with Crippen LogP contribution in [0.25, 0.3) is 0 Å². The quantitative estimate of drug-likeness (QED) is 0.850. The first-order valence-electron chi connectivity index (χ1n) is 7.72. The molecule has 5 nitrogen and oxygen atoms in total. The first-order valence-corrected chi connectivity index (χ1v) is 7.72. The molecule has 0 heterocycles. The Bertz CT molecular complexity index is 720. The number of benzene rings is 2. The third kappa shape index (κ3) is 5.41. The summed E-state index contributed by atoms with van der Waals surface area (Å²) in [5.74, 6) is 0.770. The van der Waals surface area contributed by atoms with Gasteiger partial charge in [0.05, 0.1) is 18.7 Å². The number of ether oxygens (including phenoxy) is 1. The molecule has 0 radical (unpaired) electrons.